The van der Waals surface area contributed by atoms with Crippen LogP contribution >= 0.6 is 0 Å². The maximum absolute atomic E-state index is 12.2. The fraction of sp³-hybridized carbons (Fsp3) is 0.231. The Morgan fingerprint density at radius 1 is 1.06 bits per heavy atom. The number of rotatable bonds is 3. The molecule has 0 aromatic heterocycles. The number of hydrogen-bond acceptors (Lipinski definition) is 2. The third-order valence-corrected chi connectivity index (χ3v) is 2.65. The lowest BCUT2D eigenvalue weighted by Gasteiger charge is -2.16. The molecule has 0 saturated heterocycles. The molecule has 1 unspecified atom stereocenters. The van der Waals surface area contributed by atoms with Crippen LogP contribution in [0.25, 0.3) is 10.8 Å². The molecular weight excluding hydrogens is 243 g/mol. The highest BCUT2D eigenvalue weighted by atomic mass is 19.4. The quantitative estimate of drug-likeness (QED) is 0.882. The molecule has 0 heterocycles. The normalized spacial score (nSPS) is 13.6. The van der Waals surface area contributed by atoms with Crippen molar-refractivity contribution in [1.29, 1.82) is 0 Å². The Hall–Kier alpha value is -1.75. The number of hydrogen-bond donors (Lipinski definition) is 2. The van der Waals surface area contributed by atoms with E-state index in [1.807, 2.05) is 30.3 Å². The van der Waals surface area contributed by atoms with Crippen LogP contribution in [-0.2, 0) is 0 Å². The zero-order valence-electron chi connectivity index (χ0n) is 9.41. The van der Waals surface area contributed by atoms with Gasteiger partial charge in [0.05, 0.1) is 0 Å². The first-order valence-electron chi connectivity index (χ1n) is 5.45. The van der Waals surface area contributed by atoms with E-state index in [1.165, 1.54) is 0 Å². The van der Waals surface area contributed by atoms with Crippen LogP contribution in [0.2, 0.25) is 0 Å². The SMILES string of the molecule is OC(CNc1cccc2ccccc12)C(F)(F)F. The summed E-state index contributed by atoms with van der Waals surface area (Å²) in [5.74, 6) is 0. The lowest BCUT2D eigenvalue weighted by atomic mass is 10.1. The number of aliphatic hydroxyl groups is 1. The van der Waals surface area contributed by atoms with E-state index in [2.05, 4.69) is 5.32 Å². The molecule has 0 fully saturated rings. The zero-order valence-corrected chi connectivity index (χ0v) is 9.41. The highest BCUT2D eigenvalue weighted by Gasteiger charge is 2.37. The van der Waals surface area contributed by atoms with Gasteiger partial charge in [-0.15, -0.1) is 0 Å². The molecule has 2 N–H and O–H groups in total. The molecule has 96 valence electrons. The monoisotopic (exact) mass is 255 g/mol. The van der Waals surface area contributed by atoms with Crippen molar-refractivity contribution in [2.75, 3.05) is 11.9 Å². The summed E-state index contributed by atoms with van der Waals surface area (Å²) < 4.78 is 36.5. The Kier molecular flexibility index (Phi) is 3.43. The molecule has 2 aromatic carbocycles. The molecule has 0 saturated carbocycles. The molecule has 5 heteroatoms. The number of nitrogens with one attached hydrogen (secondary N) is 1. The van der Waals surface area contributed by atoms with Gasteiger partial charge in [0.25, 0.3) is 0 Å². The Morgan fingerprint density at radius 3 is 2.44 bits per heavy atom. The van der Waals surface area contributed by atoms with Gasteiger partial charge >= 0.3 is 6.18 Å². The van der Waals surface area contributed by atoms with Gasteiger partial charge in [-0.25, -0.2) is 0 Å². The minimum atomic E-state index is -4.60. The molecule has 0 aliphatic heterocycles. The highest BCUT2D eigenvalue weighted by Crippen LogP contribution is 2.24. The lowest BCUT2D eigenvalue weighted by Crippen LogP contribution is -2.35. The summed E-state index contributed by atoms with van der Waals surface area (Å²) in [6, 6.07) is 12.7. The highest BCUT2D eigenvalue weighted by molar-refractivity contribution is 5.93. The van der Waals surface area contributed by atoms with E-state index < -0.39 is 18.8 Å². The van der Waals surface area contributed by atoms with Gasteiger partial charge in [0.1, 0.15) is 0 Å². The minimum Gasteiger partial charge on any atom is -0.382 e. The van der Waals surface area contributed by atoms with Crippen molar-refractivity contribution in [3.8, 4) is 0 Å². The molecule has 0 amide bonds. The smallest absolute Gasteiger partial charge is 0.382 e. The van der Waals surface area contributed by atoms with Crippen LogP contribution in [0, 0.1) is 0 Å². The van der Waals surface area contributed by atoms with E-state index >= 15 is 0 Å². The number of anilines is 1. The van der Waals surface area contributed by atoms with Gasteiger partial charge in [-0.2, -0.15) is 13.2 Å². The molecule has 0 bridgehead atoms. The van der Waals surface area contributed by atoms with E-state index in [9.17, 15) is 13.2 Å². The summed E-state index contributed by atoms with van der Waals surface area (Å²) in [4.78, 5) is 0. The standard InChI is InChI=1S/C13H12F3NO/c14-13(15,16)12(18)8-17-11-7-3-5-9-4-1-2-6-10(9)11/h1-7,12,17-18H,8H2. The molecule has 18 heavy (non-hydrogen) atoms. The zero-order chi connectivity index (χ0) is 13.2. The number of fused-ring (bicyclic) bond motifs is 1. The first kappa shape index (κ1) is 12.7. The molecule has 0 radical (unpaired) electrons. The van der Waals surface area contributed by atoms with E-state index in [1.54, 1.807) is 12.1 Å². The lowest BCUT2D eigenvalue weighted by molar-refractivity contribution is -0.198. The van der Waals surface area contributed by atoms with Crippen LogP contribution in [0.4, 0.5) is 18.9 Å². The molecular formula is C13H12F3NO. The molecule has 1 atom stereocenters. The average molecular weight is 255 g/mol. The third-order valence-electron chi connectivity index (χ3n) is 2.65. The fourth-order valence-electron chi connectivity index (χ4n) is 1.70. The molecule has 0 aliphatic rings. The van der Waals surface area contributed by atoms with E-state index in [-0.39, 0.29) is 0 Å². The summed E-state index contributed by atoms with van der Waals surface area (Å²) in [5, 5.41) is 13.3. The van der Waals surface area contributed by atoms with Gasteiger partial charge in [-0.05, 0) is 11.5 Å². The van der Waals surface area contributed by atoms with Crippen LogP contribution in [0.5, 0.6) is 0 Å². The van der Waals surface area contributed by atoms with Crippen LogP contribution in [0.1, 0.15) is 0 Å². The summed E-state index contributed by atoms with van der Waals surface area (Å²) in [7, 11) is 0. The summed E-state index contributed by atoms with van der Waals surface area (Å²) in [6.07, 6.45) is -6.96. The van der Waals surface area contributed by atoms with Crippen LogP contribution in [0.3, 0.4) is 0 Å². The predicted octanol–water partition coefficient (Wildman–Crippen LogP) is 3.17. The predicted molar refractivity (Wildman–Crippen MR) is 64.5 cm³/mol. The number of aliphatic hydroxyl groups excluding tert-OH is 1. The second-order valence-corrected chi connectivity index (χ2v) is 3.97. The molecule has 2 nitrogen and oxygen atoms in total. The van der Waals surface area contributed by atoms with E-state index in [4.69, 9.17) is 5.11 Å². The molecule has 0 aliphatic carbocycles. The second kappa shape index (κ2) is 4.86. The summed E-state index contributed by atoms with van der Waals surface area (Å²) in [5.41, 5.74) is 0.580. The first-order valence-corrected chi connectivity index (χ1v) is 5.45. The first-order chi connectivity index (χ1) is 8.48. The van der Waals surface area contributed by atoms with Crippen molar-refractivity contribution in [3.05, 3.63) is 42.5 Å². The van der Waals surface area contributed by atoms with Crippen molar-refractivity contribution < 1.29 is 18.3 Å². The number of alkyl halides is 3. The van der Waals surface area contributed by atoms with Gasteiger partial charge in [0, 0.05) is 17.6 Å². The van der Waals surface area contributed by atoms with Crippen LogP contribution in [-0.4, -0.2) is 23.9 Å². The third kappa shape index (κ3) is 2.73. The van der Waals surface area contributed by atoms with Crippen LogP contribution < -0.4 is 5.32 Å². The van der Waals surface area contributed by atoms with Crippen molar-refractivity contribution in [2.45, 2.75) is 12.3 Å². The minimum absolute atomic E-state index is 0.558. The Bertz CT molecular complexity index is 534. The Balaban J connectivity index is 2.18. The number of benzene rings is 2. The van der Waals surface area contributed by atoms with Gasteiger partial charge in [-0.3, -0.25) is 0 Å². The summed E-state index contributed by atoms with van der Waals surface area (Å²) in [6.45, 7) is -0.558. The van der Waals surface area contributed by atoms with E-state index in [0.29, 0.717) is 5.69 Å². The number of halogens is 3. The Labute approximate surface area is 102 Å². The van der Waals surface area contributed by atoms with Crippen molar-refractivity contribution in [1.82, 2.24) is 0 Å². The topological polar surface area (TPSA) is 32.3 Å². The molecule has 2 aromatic rings. The van der Waals surface area contributed by atoms with Crippen molar-refractivity contribution >= 4 is 16.5 Å². The van der Waals surface area contributed by atoms with Gasteiger partial charge in [0.15, 0.2) is 6.10 Å². The van der Waals surface area contributed by atoms with Crippen molar-refractivity contribution in [3.63, 3.8) is 0 Å². The van der Waals surface area contributed by atoms with Gasteiger partial charge < -0.3 is 10.4 Å². The Morgan fingerprint density at radius 2 is 1.72 bits per heavy atom. The maximum Gasteiger partial charge on any atom is 0.416 e. The van der Waals surface area contributed by atoms with Crippen molar-refractivity contribution in [2.24, 2.45) is 0 Å². The largest absolute Gasteiger partial charge is 0.416 e. The second-order valence-electron chi connectivity index (χ2n) is 3.97. The molecule has 2 rings (SSSR count). The van der Waals surface area contributed by atoms with Crippen LogP contribution in [0.15, 0.2) is 42.5 Å². The summed E-state index contributed by atoms with van der Waals surface area (Å²) >= 11 is 0. The van der Waals surface area contributed by atoms with E-state index in [0.717, 1.165) is 10.8 Å². The van der Waals surface area contributed by atoms with Gasteiger partial charge in [-0.1, -0.05) is 36.4 Å². The average Bonchev–Trinajstić information content (AvgIpc) is 2.34. The van der Waals surface area contributed by atoms with Gasteiger partial charge in [0.2, 0.25) is 0 Å². The molecule has 0 spiro atoms. The maximum atomic E-state index is 12.2. The fourth-order valence-corrected chi connectivity index (χ4v) is 1.70.